The van der Waals surface area contributed by atoms with Crippen LogP contribution in [0.4, 0.5) is 0 Å². The average Bonchev–Trinajstić information content (AvgIpc) is 2.67. The number of aryl methyl sites for hydroxylation is 1. The van der Waals surface area contributed by atoms with Gasteiger partial charge in [-0.2, -0.15) is 0 Å². The molecule has 0 aliphatic carbocycles. The summed E-state index contributed by atoms with van der Waals surface area (Å²) in [5.74, 6) is 0. The van der Waals surface area contributed by atoms with Crippen molar-refractivity contribution in [1.29, 1.82) is 0 Å². The van der Waals surface area contributed by atoms with Gasteiger partial charge in [-0.1, -0.05) is 18.2 Å². The first-order valence-corrected chi connectivity index (χ1v) is 5.31. The monoisotopic (exact) mass is 203 g/mol. The number of nitrogens with two attached hydrogens (primary N) is 2. The van der Waals surface area contributed by atoms with Gasteiger partial charge in [-0.3, -0.25) is 0 Å². The Morgan fingerprint density at radius 1 is 1.33 bits per heavy atom. The molecule has 3 heteroatoms. The highest BCUT2D eigenvalue weighted by Gasteiger charge is 2.11. The number of fused-ring (bicyclic) bond motifs is 1. The Balaban J connectivity index is 2.65. The first kappa shape index (κ1) is 10.2. The molecule has 1 heterocycles. The fourth-order valence-corrected chi connectivity index (χ4v) is 1.96. The van der Waals surface area contributed by atoms with E-state index in [2.05, 4.69) is 29.8 Å². The van der Waals surface area contributed by atoms with E-state index in [4.69, 9.17) is 11.5 Å². The van der Waals surface area contributed by atoms with Crippen LogP contribution in [0.5, 0.6) is 0 Å². The summed E-state index contributed by atoms with van der Waals surface area (Å²) in [5, 5.41) is 1.22. The van der Waals surface area contributed by atoms with Gasteiger partial charge in [-0.15, -0.1) is 0 Å². The first-order valence-electron chi connectivity index (χ1n) is 5.31. The summed E-state index contributed by atoms with van der Waals surface area (Å²) in [6.07, 6.45) is 2.11. The Morgan fingerprint density at radius 2 is 2.07 bits per heavy atom. The topological polar surface area (TPSA) is 57.0 Å². The maximum Gasteiger partial charge on any atom is 0.0483 e. The molecule has 1 aromatic carbocycles. The van der Waals surface area contributed by atoms with E-state index < -0.39 is 0 Å². The first-order chi connectivity index (χ1) is 7.27. The molecule has 0 fully saturated rings. The molecular formula is C12H17N3. The third kappa shape index (κ3) is 1.64. The molecule has 15 heavy (non-hydrogen) atoms. The zero-order valence-corrected chi connectivity index (χ0v) is 8.98. The summed E-state index contributed by atoms with van der Waals surface area (Å²) < 4.78 is 2.21. The Bertz CT molecular complexity index is 459. The van der Waals surface area contributed by atoms with E-state index in [0.29, 0.717) is 6.54 Å². The Labute approximate surface area is 89.7 Å². The molecule has 0 amide bonds. The van der Waals surface area contributed by atoms with Crippen LogP contribution < -0.4 is 11.5 Å². The molecule has 0 saturated heterocycles. The summed E-state index contributed by atoms with van der Waals surface area (Å²) >= 11 is 0. The van der Waals surface area contributed by atoms with E-state index in [1.165, 1.54) is 10.9 Å². The highest BCUT2D eigenvalue weighted by Crippen LogP contribution is 2.24. The van der Waals surface area contributed by atoms with Crippen molar-refractivity contribution in [3.05, 3.63) is 36.0 Å². The molecule has 80 valence electrons. The van der Waals surface area contributed by atoms with Crippen LogP contribution in [0.3, 0.4) is 0 Å². The van der Waals surface area contributed by atoms with Crippen LogP contribution >= 0.6 is 0 Å². The third-order valence-electron chi connectivity index (χ3n) is 2.81. The number of para-hydroxylation sites is 1. The average molecular weight is 203 g/mol. The lowest BCUT2D eigenvalue weighted by Crippen LogP contribution is -2.20. The predicted octanol–water partition coefficient (Wildman–Crippen LogP) is 1.62. The lowest BCUT2D eigenvalue weighted by Gasteiger charge is -2.06. The zero-order valence-electron chi connectivity index (χ0n) is 8.98. The second-order valence-electron chi connectivity index (χ2n) is 3.73. The van der Waals surface area contributed by atoms with Crippen LogP contribution in [0.2, 0.25) is 0 Å². The molecule has 1 atom stereocenters. The highest BCUT2D eigenvalue weighted by molar-refractivity contribution is 5.84. The second kappa shape index (κ2) is 4.04. The zero-order chi connectivity index (χ0) is 10.8. The number of aromatic nitrogens is 1. The Kier molecular flexibility index (Phi) is 2.75. The predicted molar refractivity (Wildman–Crippen MR) is 63.6 cm³/mol. The SMILES string of the molecule is CCn1cc(C(N)CN)c2ccccc21. The van der Waals surface area contributed by atoms with Crippen LogP contribution in [-0.2, 0) is 6.54 Å². The number of rotatable bonds is 3. The number of benzene rings is 1. The summed E-state index contributed by atoms with van der Waals surface area (Å²) in [6.45, 7) is 3.57. The summed E-state index contributed by atoms with van der Waals surface area (Å²) in [6, 6.07) is 8.24. The quantitative estimate of drug-likeness (QED) is 0.796. The van der Waals surface area contributed by atoms with Crippen LogP contribution in [0.1, 0.15) is 18.5 Å². The lowest BCUT2D eigenvalue weighted by molar-refractivity contribution is 0.726. The molecule has 0 aliphatic heterocycles. The van der Waals surface area contributed by atoms with Crippen LogP contribution in [0, 0.1) is 0 Å². The van der Waals surface area contributed by atoms with Gasteiger partial charge in [0.25, 0.3) is 0 Å². The van der Waals surface area contributed by atoms with Gasteiger partial charge in [0.2, 0.25) is 0 Å². The van der Waals surface area contributed by atoms with Crippen LogP contribution in [-0.4, -0.2) is 11.1 Å². The molecule has 1 unspecified atom stereocenters. The van der Waals surface area contributed by atoms with Gasteiger partial charge in [0, 0.05) is 36.2 Å². The minimum atomic E-state index is -0.0669. The third-order valence-corrected chi connectivity index (χ3v) is 2.81. The van der Waals surface area contributed by atoms with Gasteiger partial charge in [0.15, 0.2) is 0 Å². The minimum Gasteiger partial charge on any atom is -0.347 e. The van der Waals surface area contributed by atoms with Gasteiger partial charge < -0.3 is 16.0 Å². The summed E-state index contributed by atoms with van der Waals surface area (Å²) in [5.41, 5.74) is 14.0. The molecular weight excluding hydrogens is 186 g/mol. The van der Waals surface area contributed by atoms with Crippen molar-refractivity contribution in [3.63, 3.8) is 0 Å². The number of hydrogen-bond donors (Lipinski definition) is 2. The highest BCUT2D eigenvalue weighted by atomic mass is 15.0. The standard InChI is InChI=1S/C12H17N3/c1-2-15-8-10(11(14)7-13)9-5-3-4-6-12(9)15/h3-6,8,11H,2,7,13-14H2,1H3. The molecule has 0 radical (unpaired) electrons. The van der Waals surface area contributed by atoms with Crippen molar-refractivity contribution < 1.29 is 0 Å². The molecule has 2 rings (SSSR count). The fraction of sp³-hybridized carbons (Fsp3) is 0.333. The van der Waals surface area contributed by atoms with Gasteiger partial charge >= 0.3 is 0 Å². The summed E-state index contributed by atoms with van der Waals surface area (Å²) in [7, 11) is 0. The van der Waals surface area contributed by atoms with Crippen molar-refractivity contribution >= 4 is 10.9 Å². The maximum atomic E-state index is 5.99. The molecule has 0 saturated carbocycles. The van der Waals surface area contributed by atoms with E-state index in [9.17, 15) is 0 Å². The lowest BCUT2D eigenvalue weighted by atomic mass is 10.1. The van der Waals surface area contributed by atoms with Gasteiger partial charge in [-0.05, 0) is 18.6 Å². The molecule has 0 bridgehead atoms. The Morgan fingerprint density at radius 3 is 2.73 bits per heavy atom. The largest absolute Gasteiger partial charge is 0.347 e. The Hall–Kier alpha value is -1.32. The van der Waals surface area contributed by atoms with Crippen LogP contribution in [0.15, 0.2) is 30.5 Å². The number of nitrogens with zero attached hydrogens (tertiary/aromatic N) is 1. The van der Waals surface area contributed by atoms with Gasteiger partial charge in [0.05, 0.1) is 0 Å². The van der Waals surface area contributed by atoms with E-state index in [-0.39, 0.29) is 6.04 Å². The summed E-state index contributed by atoms with van der Waals surface area (Å²) in [4.78, 5) is 0. The second-order valence-corrected chi connectivity index (χ2v) is 3.73. The molecule has 2 aromatic rings. The molecule has 3 nitrogen and oxygen atoms in total. The van der Waals surface area contributed by atoms with Crippen molar-refractivity contribution in [3.8, 4) is 0 Å². The maximum absolute atomic E-state index is 5.99. The van der Waals surface area contributed by atoms with Crippen molar-refractivity contribution in [1.82, 2.24) is 4.57 Å². The molecule has 0 spiro atoms. The smallest absolute Gasteiger partial charge is 0.0483 e. The van der Waals surface area contributed by atoms with Crippen molar-refractivity contribution in [2.45, 2.75) is 19.5 Å². The number of hydrogen-bond acceptors (Lipinski definition) is 2. The van der Waals surface area contributed by atoms with Crippen molar-refractivity contribution in [2.24, 2.45) is 11.5 Å². The van der Waals surface area contributed by atoms with E-state index in [1.807, 2.05) is 12.1 Å². The van der Waals surface area contributed by atoms with E-state index in [1.54, 1.807) is 0 Å². The van der Waals surface area contributed by atoms with E-state index in [0.717, 1.165) is 12.1 Å². The fourth-order valence-electron chi connectivity index (χ4n) is 1.96. The van der Waals surface area contributed by atoms with Gasteiger partial charge in [-0.25, -0.2) is 0 Å². The van der Waals surface area contributed by atoms with Gasteiger partial charge in [0.1, 0.15) is 0 Å². The normalized spacial score (nSPS) is 13.3. The minimum absolute atomic E-state index is 0.0669. The van der Waals surface area contributed by atoms with Crippen LogP contribution in [0.25, 0.3) is 10.9 Å². The molecule has 0 aliphatic rings. The van der Waals surface area contributed by atoms with Crippen molar-refractivity contribution in [2.75, 3.05) is 6.54 Å². The molecule has 4 N–H and O–H groups in total. The molecule has 1 aromatic heterocycles. The van der Waals surface area contributed by atoms with E-state index >= 15 is 0 Å².